The van der Waals surface area contributed by atoms with Gasteiger partial charge in [0.15, 0.2) is 0 Å². The molecule has 4 aliphatic rings. The number of hydrogen-bond donors (Lipinski definition) is 2. The molecule has 4 rings (SSSR count). The predicted octanol–water partition coefficient (Wildman–Crippen LogP) is 9.09. The van der Waals surface area contributed by atoms with Gasteiger partial charge in [-0.2, -0.15) is 25.3 Å². The van der Waals surface area contributed by atoms with Crippen molar-refractivity contribution in [2.75, 3.05) is 0 Å². The lowest BCUT2D eigenvalue weighted by Crippen LogP contribution is -2.51. The summed E-state index contributed by atoms with van der Waals surface area (Å²) in [5.74, 6) is 7.53. The van der Waals surface area contributed by atoms with E-state index in [9.17, 15) is 0 Å². The van der Waals surface area contributed by atoms with Crippen molar-refractivity contribution < 1.29 is 0 Å². The Kier molecular flexibility index (Phi) is 9.47. The Morgan fingerprint density at radius 3 is 2.27 bits per heavy atom. The third-order valence-electron chi connectivity index (χ3n) is 10.2. The molecule has 0 N–H and O–H groups in total. The maximum Gasteiger partial charge on any atom is 0.0199 e. The van der Waals surface area contributed by atoms with Gasteiger partial charge >= 0.3 is 0 Å². The summed E-state index contributed by atoms with van der Waals surface area (Å²) in [7, 11) is 0. The molecule has 0 radical (unpaired) electrons. The van der Waals surface area contributed by atoms with Crippen LogP contribution in [0.3, 0.4) is 0 Å². The van der Waals surface area contributed by atoms with Crippen molar-refractivity contribution in [3.63, 3.8) is 0 Å². The van der Waals surface area contributed by atoms with Gasteiger partial charge in [0, 0.05) is 10.00 Å². The van der Waals surface area contributed by atoms with Crippen molar-refractivity contribution in [1.29, 1.82) is 0 Å². The third kappa shape index (κ3) is 4.95. The zero-order valence-electron chi connectivity index (χ0n) is 20.8. The van der Waals surface area contributed by atoms with E-state index in [1.165, 1.54) is 70.6 Å². The molecule has 0 amide bonds. The minimum absolute atomic E-state index is 0.300. The Morgan fingerprint density at radius 2 is 1.57 bits per heavy atom. The molecular formula is C28H52S2. The molecule has 9 atom stereocenters. The minimum atomic E-state index is 0.300. The maximum absolute atomic E-state index is 5.54. The fourth-order valence-corrected chi connectivity index (χ4v) is 10.1. The molecule has 0 nitrogen and oxygen atoms in total. The van der Waals surface area contributed by atoms with Crippen molar-refractivity contribution in [3.8, 4) is 0 Å². The molecule has 4 saturated carbocycles. The van der Waals surface area contributed by atoms with Crippen LogP contribution in [0.15, 0.2) is 0 Å². The molecular weight excluding hydrogens is 400 g/mol. The van der Waals surface area contributed by atoms with Gasteiger partial charge in [0.05, 0.1) is 0 Å². The zero-order valence-corrected chi connectivity index (χ0v) is 22.6. The van der Waals surface area contributed by atoms with Gasteiger partial charge in [-0.25, -0.2) is 0 Å². The summed E-state index contributed by atoms with van der Waals surface area (Å²) in [6, 6.07) is 0. The lowest BCUT2D eigenvalue weighted by Gasteiger charge is -2.55. The molecule has 30 heavy (non-hydrogen) atoms. The van der Waals surface area contributed by atoms with E-state index >= 15 is 0 Å². The second-order valence-corrected chi connectivity index (χ2v) is 13.0. The first-order valence-corrected chi connectivity index (χ1v) is 14.8. The van der Waals surface area contributed by atoms with E-state index in [4.69, 9.17) is 25.3 Å². The van der Waals surface area contributed by atoms with Crippen molar-refractivity contribution in [2.45, 2.75) is 128 Å². The number of fused-ring (bicyclic) bond motifs is 5. The Morgan fingerprint density at radius 1 is 0.833 bits per heavy atom. The topological polar surface area (TPSA) is 0 Å². The first kappa shape index (κ1) is 25.3. The van der Waals surface area contributed by atoms with Crippen LogP contribution in [0.4, 0.5) is 0 Å². The van der Waals surface area contributed by atoms with Crippen molar-refractivity contribution >= 4 is 25.3 Å². The van der Waals surface area contributed by atoms with Crippen LogP contribution in [0, 0.1) is 47.3 Å². The fourth-order valence-electron chi connectivity index (χ4n) is 8.63. The van der Waals surface area contributed by atoms with Gasteiger partial charge in [-0.3, -0.25) is 0 Å². The Hall–Kier alpha value is 0.700. The molecule has 0 heterocycles. The van der Waals surface area contributed by atoms with E-state index < -0.39 is 0 Å². The molecule has 0 aromatic carbocycles. The second kappa shape index (κ2) is 11.2. The molecule has 9 unspecified atom stereocenters. The molecule has 2 heteroatoms. The second-order valence-electron chi connectivity index (χ2n) is 11.5. The number of thiol groups is 2. The van der Waals surface area contributed by atoms with Gasteiger partial charge in [0.2, 0.25) is 0 Å². The Bertz CT molecular complexity index is 517. The lowest BCUT2D eigenvalue weighted by atomic mass is 9.53. The molecule has 0 bridgehead atoms. The highest BCUT2D eigenvalue weighted by molar-refractivity contribution is 7.82. The monoisotopic (exact) mass is 452 g/mol. The van der Waals surface area contributed by atoms with Gasteiger partial charge in [0.25, 0.3) is 0 Å². The van der Waals surface area contributed by atoms with E-state index in [-0.39, 0.29) is 0 Å². The van der Waals surface area contributed by atoms with Gasteiger partial charge in [-0.05, 0) is 105 Å². The average Bonchev–Trinajstić information content (AvgIpc) is 3.12. The summed E-state index contributed by atoms with van der Waals surface area (Å²) in [5, 5.41) is 0.567. The van der Waals surface area contributed by atoms with E-state index in [1.54, 1.807) is 12.8 Å². The molecule has 176 valence electrons. The zero-order chi connectivity index (χ0) is 21.9. The Balaban J connectivity index is 0.00000124. The van der Waals surface area contributed by atoms with Crippen LogP contribution in [0.25, 0.3) is 0 Å². The standard InChI is InChI=1S/C26H46S2.C2H6/c1-4-18(17(2)3)10-14-25(27)24-13-12-23-22-11-9-19-7-5-6-8-20(19)21(22)15-16-26(23,24)28;1-2/h17-25,27-28H,4-16H2,1-3H3;1-2H3. The van der Waals surface area contributed by atoms with Crippen LogP contribution in [0.1, 0.15) is 118 Å². The highest BCUT2D eigenvalue weighted by Gasteiger charge is 2.58. The van der Waals surface area contributed by atoms with Crippen LogP contribution >= 0.6 is 25.3 Å². The van der Waals surface area contributed by atoms with Crippen LogP contribution in [0.5, 0.6) is 0 Å². The molecule has 4 fully saturated rings. The van der Waals surface area contributed by atoms with Gasteiger partial charge in [0.1, 0.15) is 0 Å². The SMILES string of the molecule is CC.CCC(CCC(S)C1CCC2C3CCC4CCCCC4C3CCC12S)C(C)C. The quantitative estimate of drug-likeness (QED) is 0.369. The van der Waals surface area contributed by atoms with Gasteiger partial charge in [-0.1, -0.05) is 60.3 Å². The highest BCUT2D eigenvalue weighted by atomic mass is 32.1. The molecule has 0 saturated heterocycles. The largest absolute Gasteiger partial charge is 0.176 e. The van der Waals surface area contributed by atoms with Crippen molar-refractivity contribution in [2.24, 2.45) is 47.3 Å². The molecule has 0 aliphatic heterocycles. The number of rotatable bonds is 6. The van der Waals surface area contributed by atoms with Crippen LogP contribution in [-0.4, -0.2) is 10.00 Å². The van der Waals surface area contributed by atoms with Crippen LogP contribution in [-0.2, 0) is 0 Å². The lowest BCUT2D eigenvalue weighted by molar-refractivity contribution is -0.0148. The summed E-state index contributed by atoms with van der Waals surface area (Å²) in [6.45, 7) is 11.2. The molecule has 0 aromatic heterocycles. The maximum atomic E-state index is 5.54. The average molecular weight is 453 g/mol. The molecule has 0 spiro atoms. The van der Waals surface area contributed by atoms with E-state index in [2.05, 4.69) is 20.8 Å². The highest BCUT2D eigenvalue weighted by Crippen LogP contribution is 2.63. The molecule has 4 aliphatic carbocycles. The summed E-state index contributed by atoms with van der Waals surface area (Å²) in [6.07, 6.45) is 18.9. The van der Waals surface area contributed by atoms with Crippen molar-refractivity contribution in [1.82, 2.24) is 0 Å². The fraction of sp³-hybridized carbons (Fsp3) is 1.00. The first-order valence-electron chi connectivity index (χ1n) is 13.9. The summed E-state index contributed by atoms with van der Waals surface area (Å²) in [5.41, 5.74) is 0. The minimum Gasteiger partial charge on any atom is -0.176 e. The third-order valence-corrected chi connectivity index (χ3v) is 11.7. The van der Waals surface area contributed by atoms with Crippen molar-refractivity contribution in [3.05, 3.63) is 0 Å². The van der Waals surface area contributed by atoms with Gasteiger partial charge in [-0.15, -0.1) is 0 Å². The van der Waals surface area contributed by atoms with Gasteiger partial charge < -0.3 is 0 Å². The summed E-state index contributed by atoms with van der Waals surface area (Å²) in [4.78, 5) is 0. The van der Waals surface area contributed by atoms with Crippen LogP contribution < -0.4 is 0 Å². The number of hydrogen-bond acceptors (Lipinski definition) is 2. The summed E-state index contributed by atoms with van der Waals surface area (Å²) < 4.78 is 0.300. The van der Waals surface area contributed by atoms with E-state index in [0.717, 1.165) is 47.3 Å². The van der Waals surface area contributed by atoms with Crippen LogP contribution in [0.2, 0.25) is 0 Å². The first-order chi connectivity index (χ1) is 14.5. The summed E-state index contributed by atoms with van der Waals surface area (Å²) >= 11 is 10.8. The normalized spacial score (nSPS) is 42.4. The Labute approximate surface area is 200 Å². The predicted molar refractivity (Wildman–Crippen MR) is 141 cm³/mol. The molecule has 0 aromatic rings. The smallest absolute Gasteiger partial charge is 0.0199 e. The van der Waals surface area contributed by atoms with E-state index in [1.807, 2.05) is 13.8 Å². The van der Waals surface area contributed by atoms with E-state index in [0.29, 0.717) is 10.00 Å².